The van der Waals surface area contributed by atoms with E-state index in [2.05, 4.69) is 37.8 Å². The lowest BCUT2D eigenvalue weighted by molar-refractivity contribution is -0.120. The molecule has 1 atom stereocenters. The van der Waals surface area contributed by atoms with Gasteiger partial charge in [-0.25, -0.2) is 15.0 Å². The predicted molar refractivity (Wildman–Crippen MR) is 118 cm³/mol. The summed E-state index contributed by atoms with van der Waals surface area (Å²) in [5.74, 6) is 4.12. The summed E-state index contributed by atoms with van der Waals surface area (Å²) in [4.78, 5) is 24.7. The van der Waals surface area contributed by atoms with E-state index in [0.717, 1.165) is 61.5 Å². The van der Waals surface area contributed by atoms with E-state index in [9.17, 15) is 4.79 Å². The first-order valence-corrected chi connectivity index (χ1v) is 11.2. The zero-order chi connectivity index (χ0) is 20.9. The predicted octanol–water partition coefficient (Wildman–Crippen LogP) is 2.32. The minimum absolute atomic E-state index is 0.00667. The van der Waals surface area contributed by atoms with Crippen LogP contribution in [-0.2, 0) is 16.1 Å². The Labute approximate surface area is 176 Å². The van der Waals surface area contributed by atoms with Crippen molar-refractivity contribution in [2.75, 3.05) is 37.5 Å². The Balaban J connectivity index is 1.79. The lowest BCUT2D eigenvalue weighted by Gasteiger charge is -2.14. The number of anilines is 1. The van der Waals surface area contributed by atoms with E-state index in [1.807, 2.05) is 10.9 Å². The highest BCUT2D eigenvalue weighted by Crippen LogP contribution is 2.18. The Morgan fingerprint density at radius 2 is 2.21 bits per heavy atom. The summed E-state index contributed by atoms with van der Waals surface area (Å²) in [6.45, 7) is 1.86. The number of aromatic nitrogens is 4. The molecule has 158 valence electrons. The van der Waals surface area contributed by atoms with Gasteiger partial charge in [0.15, 0.2) is 11.5 Å². The van der Waals surface area contributed by atoms with Gasteiger partial charge in [0, 0.05) is 32.4 Å². The number of thioether (sulfide) groups is 1. The molecule has 29 heavy (non-hydrogen) atoms. The zero-order valence-electron chi connectivity index (χ0n) is 17.2. The van der Waals surface area contributed by atoms with Crippen molar-refractivity contribution in [2.24, 2.45) is 0 Å². The van der Waals surface area contributed by atoms with Crippen LogP contribution in [0, 0.1) is 12.3 Å². The number of imidazole rings is 1. The molecule has 2 heterocycles. The number of hydrogen-bond donors (Lipinski definition) is 2. The number of methoxy groups -OCH3 is 1. The maximum absolute atomic E-state index is 11.5. The second-order valence-electron chi connectivity index (χ2n) is 6.65. The van der Waals surface area contributed by atoms with Crippen LogP contribution in [0.1, 0.15) is 32.1 Å². The summed E-state index contributed by atoms with van der Waals surface area (Å²) < 4.78 is 7.56. The summed E-state index contributed by atoms with van der Waals surface area (Å²) in [5.41, 5.74) is 1.60. The second kappa shape index (κ2) is 13.0. The van der Waals surface area contributed by atoms with Gasteiger partial charge >= 0.3 is 0 Å². The van der Waals surface area contributed by atoms with Crippen molar-refractivity contribution in [3.05, 3.63) is 12.7 Å². The molecule has 9 heteroatoms. The number of nitrogens with zero attached hydrogens (tertiary/aromatic N) is 4. The topological polar surface area (TPSA) is 94.0 Å². The number of fused-ring (bicyclic) bond motifs is 1. The molecule has 0 aliphatic rings. The maximum atomic E-state index is 11.5. The maximum Gasteiger partial charge on any atom is 0.220 e. The molecule has 0 aliphatic carbocycles. The molecule has 1 amide bonds. The van der Waals surface area contributed by atoms with Crippen LogP contribution in [0.4, 0.5) is 5.82 Å². The Morgan fingerprint density at radius 1 is 1.34 bits per heavy atom. The summed E-state index contributed by atoms with van der Waals surface area (Å²) in [6.07, 6.45) is 14.9. The van der Waals surface area contributed by atoms with E-state index < -0.39 is 0 Å². The number of ether oxygens (including phenoxy) is 1. The van der Waals surface area contributed by atoms with Gasteiger partial charge in [-0.15, -0.1) is 6.42 Å². The molecule has 2 aromatic rings. The van der Waals surface area contributed by atoms with Crippen molar-refractivity contribution in [3.63, 3.8) is 0 Å². The number of aryl methyl sites for hydroxylation is 1. The number of hydrogen-bond acceptors (Lipinski definition) is 7. The van der Waals surface area contributed by atoms with Gasteiger partial charge in [0.1, 0.15) is 11.8 Å². The Kier molecular flexibility index (Phi) is 10.3. The minimum atomic E-state index is 0.00667. The molecule has 0 saturated carbocycles. The normalized spacial score (nSPS) is 11.9. The lowest BCUT2D eigenvalue weighted by Crippen LogP contribution is -2.22. The van der Waals surface area contributed by atoms with Crippen LogP contribution in [0.2, 0.25) is 0 Å². The third kappa shape index (κ3) is 7.55. The highest BCUT2D eigenvalue weighted by Gasteiger charge is 2.12. The highest BCUT2D eigenvalue weighted by molar-refractivity contribution is 7.98. The SMILES string of the molecule is C#CCNC(=O)CCCCCNc1ncnc2c1ncn2CC[C@@H](CSC)OC. The van der Waals surface area contributed by atoms with Crippen molar-refractivity contribution in [2.45, 2.75) is 44.8 Å². The van der Waals surface area contributed by atoms with Gasteiger partial charge in [0.2, 0.25) is 5.91 Å². The molecular formula is C20H30N6O2S. The molecule has 0 unspecified atom stereocenters. The van der Waals surface area contributed by atoms with Crippen molar-refractivity contribution in [3.8, 4) is 12.3 Å². The molecule has 2 N–H and O–H groups in total. The fraction of sp³-hybridized carbons (Fsp3) is 0.600. The number of carbonyl (C=O) groups excluding carboxylic acids is 1. The monoisotopic (exact) mass is 418 g/mol. The molecular weight excluding hydrogens is 388 g/mol. The molecule has 0 aromatic carbocycles. The van der Waals surface area contributed by atoms with E-state index in [1.54, 1.807) is 25.2 Å². The summed E-state index contributed by atoms with van der Waals surface area (Å²) in [5, 5.41) is 6.01. The standard InChI is InChI=1S/C20H30N6O2S/c1-4-10-21-17(27)8-6-5-7-11-22-19-18-20(24-14-23-19)26(15-25-18)12-9-16(28-2)13-29-3/h1,14-16H,5-13H2,2-3H3,(H,21,27)(H,22,23,24)/t16-/m0/s1. The van der Waals surface area contributed by atoms with Crippen LogP contribution in [-0.4, -0.2) is 63.7 Å². The first kappa shape index (κ1) is 23.0. The molecule has 8 nitrogen and oxygen atoms in total. The van der Waals surface area contributed by atoms with Crippen LogP contribution in [0.25, 0.3) is 11.2 Å². The van der Waals surface area contributed by atoms with Gasteiger partial charge in [0.05, 0.1) is 19.0 Å². The Morgan fingerprint density at radius 3 is 2.97 bits per heavy atom. The van der Waals surface area contributed by atoms with E-state index in [4.69, 9.17) is 11.2 Å². The number of unbranched alkanes of at least 4 members (excludes halogenated alkanes) is 2. The number of rotatable bonds is 14. The Hall–Kier alpha value is -2.31. The Bertz CT molecular complexity index is 804. The molecule has 0 bridgehead atoms. The fourth-order valence-electron chi connectivity index (χ4n) is 2.94. The number of nitrogens with one attached hydrogen (secondary N) is 2. The third-order valence-electron chi connectivity index (χ3n) is 4.54. The van der Waals surface area contributed by atoms with E-state index in [-0.39, 0.29) is 12.0 Å². The fourth-order valence-corrected chi connectivity index (χ4v) is 3.62. The molecule has 0 fully saturated rings. The number of terminal acetylenes is 1. The van der Waals surface area contributed by atoms with E-state index >= 15 is 0 Å². The summed E-state index contributed by atoms with van der Waals surface area (Å²) in [6, 6.07) is 0. The van der Waals surface area contributed by atoms with Crippen molar-refractivity contribution in [1.29, 1.82) is 0 Å². The van der Waals surface area contributed by atoms with Crippen molar-refractivity contribution < 1.29 is 9.53 Å². The molecule has 0 radical (unpaired) electrons. The van der Waals surface area contributed by atoms with Crippen LogP contribution >= 0.6 is 11.8 Å². The van der Waals surface area contributed by atoms with Gasteiger partial charge in [0.25, 0.3) is 0 Å². The van der Waals surface area contributed by atoms with Crippen LogP contribution in [0.5, 0.6) is 0 Å². The average Bonchev–Trinajstić information content (AvgIpc) is 3.15. The first-order chi connectivity index (χ1) is 14.2. The van der Waals surface area contributed by atoms with Gasteiger partial charge < -0.3 is 19.9 Å². The smallest absolute Gasteiger partial charge is 0.220 e. The molecule has 0 aliphatic heterocycles. The number of carbonyl (C=O) groups is 1. The van der Waals surface area contributed by atoms with E-state index in [0.29, 0.717) is 13.0 Å². The van der Waals surface area contributed by atoms with Crippen LogP contribution in [0.3, 0.4) is 0 Å². The molecule has 0 spiro atoms. The quantitative estimate of drug-likeness (QED) is 0.359. The highest BCUT2D eigenvalue weighted by atomic mass is 32.2. The zero-order valence-corrected chi connectivity index (χ0v) is 18.0. The minimum Gasteiger partial charge on any atom is -0.381 e. The van der Waals surface area contributed by atoms with Crippen molar-refractivity contribution >= 4 is 34.7 Å². The molecule has 0 saturated heterocycles. The lowest BCUT2D eigenvalue weighted by atomic mass is 10.2. The summed E-state index contributed by atoms with van der Waals surface area (Å²) >= 11 is 1.78. The van der Waals surface area contributed by atoms with Gasteiger partial charge in [-0.2, -0.15) is 11.8 Å². The largest absolute Gasteiger partial charge is 0.381 e. The number of amides is 1. The summed E-state index contributed by atoms with van der Waals surface area (Å²) in [7, 11) is 1.75. The first-order valence-electron chi connectivity index (χ1n) is 9.81. The van der Waals surface area contributed by atoms with Gasteiger partial charge in [-0.05, 0) is 25.5 Å². The average molecular weight is 419 g/mol. The van der Waals surface area contributed by atoms with Crippen LogP contribution < -0.4 is 10.6 Å². The molecule has 2 aromatic heterocycles. The second-order valence-corrected chi connectivity index (χ2v) is 7.56. The van der Waals surface area contributed by atoms with Gasteiger partial charge in [-0.3, -0.25) is 4.79 Å². The van der Waals surface area contributed by atoms with Crippen molar-refractivity contribution in [1.82, 2.24) is 24.8 Å². The molecule has 2 rings (SSSR count). The van der Waals surface area contributed by atoms with Crippen LogP contribution in [0.15, 0.2) is 12.7 Å². The third-order valence-corrected chi connectivity index (χ3v) is 5.24. The van der Waals surface area contributed by atoms with Gasteiger partial charge in [-0.1, -0.05) is 12.3 Å². The van der Waals surface area contributed by atoms with E-state index in [1.165, 1.54) is 0 Å².